The second-order valence-corrected chi connectivity index (χ2v) is 6.38. The van der Waals surface area contributed by atoms with Crippen LogP contribution in [0.2, 0.25) is 0 Å². The molecule has 0 saturated carbocycles. The molecule has 2 fully saturated rings. The van der Waals surface area contributed by atoms with Gasteiger partial charge in [0.25, 0.3) is 0 Å². The van der Waals surface area contributed by atoms with Crippen molar-refractivity contribution in [3.8, 4) is 0 Å². The van der Waals surface area contributed by atoms with Crippen molar-refractivity contribution in [3.05, 3.63) is 22.4 Å². The van der Waals surface area contributed by atoms with Crippen LogP contribution in [0.5, 0.6) is 0 Å². The number of rotatable bonds is 4. The lowest BCUT2D eigenvalue weighted by molar-refractivity contribution is 0.0767. The van der Waals surface area contributed by atoms with E-state index in [-0.39, 0.29) is 18.1 Å². The Morgan fingerprint density at radius 2 is 2.40 bits per heavy atom. The Bertz CT molecular complexity index is 464. The molecule has 2 saturated heterocycles. The van der Waals surface area contributed by atoms with Gasteiger partial charge >= 0.3 is 6.03 Å². The predicted molar refractivity (Wildman–Crippen MR) is 80.8 cm³/mol. The number of hydrogen-bond donors (Lipinski definition) is 2. The van der Waals surface area contributed by atoms with E-state index in [1.807, 2.05) is 4.90 Å². The number of thiophene rings is 1. The summed E-state index contributed by atoms with van der Waals surface area (Å²) in [5, 5.41) is 7.24. The van der Waals surface area contributed by atoms with Crippen molar-refractivity contribution in [1.29, 1.82) is 0 Å². The van der Waals surface area contributed by atoms with Gasteiger partial charge in [0.2, 0.25) is 0 Å². The van der Waals surface area contributed by atoms with Crippen LogP contribution in [0.1, 0.15) is 24.9 Å². The Balaban J connectivity index is 1.77. The molecule has 2 amide bonds. The average Bonchev–Trinajstić information content (AvgIpc) is 3.10. The molecule has 3 atom stereocenters. The van der Waals surface area contributed by atoms with Crippen LogP contribution in [0.4, 0.5) is 4.79 Å². The van der Waals surface area contributed by atoms with Gasteiger partial charge in [-0.1, -0.05) is 6.92 Å². The van der Waals surface area contributed by atoms with E-state index in [2.05, 4.69) is 34.0 Å². The van der Waals surface area contributed by atoms with Crippen LogP contribution in [0.15, 0.2) is 16.8 Å². The van der Waals surface area contributed by atoms with Crippen molar-refractivity contribution < 1.29 is 4.79 Å². The molecule has 0 aromatic carbocycles. The highest BCUT2D eigenvalue weighted by Gasteiger charge is 2.38. The Morgan fingerprint density at radius 3 is 3.10 bits per heavy atom. The normalized spacial score (nSPS) is 26.2. The van der Waals surface area contributed by atoms with E-state index >= 15 is 0 Å². The number of piperazine rings is 1. The van der Waals surface area contributed by atoms with Crippen LogP contribution >= 0.6 is 11.3 Å². The third-order valence-electron chi connectivity index (χ3n) is 4.42. The van der Waals surface area contributed by atoms with Gasteiger partial charge in [0, 0.05) is 32.2 Å². The average molecular weight is 294 g/mol. The monoisotopic (exact) mass is 294 g/mol. The maximum atomic E-state index is 11.7. The van der Waals surface area contributed by atoms with E-state index < -0.39 is 0 Å². The number of fused-ring (bicyclic) bond motifs is 1. The van der Waals surface area contributed by atoms with E-state index in [9.17, 15) is 4.79 Å². The fourth-order valence-electron chi connectivity index (χ4n) is 3.28. The first kappa shape index (κ1) is 13.9. The van der Waals surface area contributed by atoms with E-state index in [0.29, 0.717) is 6.04 Å². The van der Waals surface area contributed by atoms with E-state index in [4.69, 9.17) is 5.73 Å². The highest BCUT2D eigenvalue weighted by Crippen LogP contribution is 2.29. The summed E-state index contributed by atoms with van der Waals surface area (Å²) in [5.41, 5.74) is 7.69. The molecule has 20 heavy (non-hydrogen) atoms. The molecular weight excluding hydrogens is 272 g/mol. The van der Waals surface area contributed by atoms with Crippen molar-refractivity contribution in [1.82, 2.24) is 15.1 Å². The second kappa shape index (κ2) is 5.71. The van der Waals surface area contributed by atoms with Gasteiger partial charge in [-0.05, 0) is 28.8 Å². The topological polar surface area (TPSA) is 61.6 Å². The van der Waals surface area contributed by atoms with Crippen LogP contribution in [0, 0.1) is 0 Å². The van der Waals surface area contributed by atoms with E-state index in [1.54, 1.807) is 11.3 Å². The van der Waals surface area contributed by atoms with Gasteiger partial charge in [-0.15, -0.1) is 0 Å². The van der Waals surface area contributed by atoms with Crippen molar-refractivity contribution in [2.45, 2.75) is 31.5 Å². The SMILES string of the molecule is CCC(N)C(c1ccsc1)N1CCN2C(=O)NCC2C1. The van der Waals surface area contributed by atoms with Crippen LogP contribution in [0.25, 0.3) is 0 Å². The smallest absolute Gasteiger partial charge is 0.317 e. The molecule has 0 radical (unpaired) electrons. The van der Waals surface area contributed by atoms with Gasteiger partial charge in [0.1, 0.15) is 0 Å². The number of urea groups is 1. The molecule has 0 aliphatic carbocycles. The molecule has 3 rings (SSSR count). The quantitative estimate of drug-likeness (QED) is 0.878. The maximum absolute atomic E-state index is 11.7. The minimum atomic E-state index is 0.0847. The fraction of sp³-hybridized carbons (Fsp3) is 0.643. The highest BCUT2D eigenvalue weighted by atomic mass is 32.1. The first-order chi connectivity index (χ1) is 9.70. The van der Waals surface area contributed by atoms with Crippen LogP contribution in [0.3, 0.4) is 0 Å². The molecule has 0 bridgehead atoms. The number of hydrogen-bond acceptors (Lipinski definition) is 4. The molecule has 1 aromatic heterocycles. The lowest BCUT2D eigenvalue weighted by Gasteiger charge is -2.42. The molecule has 3 heterocycles. The maximum Gasteiger partial charge on any atom is 0.317 e. The zero-order chi connectivity index (χ0) is 14.1. The lowest BCUT2D eigenvalue weighted by Crippen LogP contribution is -2.55. The summed E-state index contributed by atoms with van der Waals surface area (Å²) in [7, 11) is 0. The number of nitrogens with zero attached hydrogens (tertiary/aromatic N) is 2. The third kappa shape index (κ3) is 2.43. The van der Waals surface area contributed by atoms with Crippen LogP contribution in [-0.2, 0) is 0 Å². The summed E-state index contributed by atoms with van der Waals surface area (Å²) in [4.78, 5) is 16.1. The standard InChI is InChI=1S/C14H22N4OS/c1-2-12(15)13(10-3-6-20-9-10)17-4-5-18-11(8-17)7-16-14(18)19/h3,6,9,11-13H,2,4-5,7-8,15H2,1H3,(H,16,19). The molecule has 110 valence electrons. The summed E-state index contributed by atoms with van der Waals surface area (Å²) in [6, 6.07) is 2.96. The zero-order valence-corrected chi connectivity index (χ0v) is 12.6. The Hall–Kier alpha value is -1.11. The number of nitrogens with one attached hydrogen (secondary N) is 1. The predicted octanol–water partition coefficient (Wildman–Crippen LogP) is 1.24. The Labute approximate surface area is 123 Å². The van der Waals surface area contributed by atoms with E-state index in [1.165, 1.54) is 5.56 Å². The molecule has 2 aliphatic heterocycles. The van der Waals surface area contributed by atoms with Crippen LogP contribution in [-0.4, -0.2) is 54.1 Å². The molecule has 6 heteroatoms. The molecule has 3 N–H and O–H groups in total. The Morgan fingerprint density at radius 1 is 1.55 bits per heavy atom. The largest absolute Gasteiger partial charge is 0.336 e. The summed E-state index contributed by atoms with van der Waals surface area (Å²) in [6.45, 7) is 5.51. The van der Waals surface area contributed by atoms with Gasteiger partial charge < -0.3 is 16.0 Å². The number of nitrogens with two attached hydrogens (primary N) is 1. The van der Waals surface area contributed by atoms with Gasteiger partial charge in [0.15, 0.2) is 0 Å². The molecule has 5 nitrogen and oxygen atoms in total. The number of amides is 2. The third-order valence-corrected chi connectivity index (χ3v) is 5.12. The van der Waals surface area contributed by atoms with Crippen molar-refractivity contribution in [2.75, 3.05) is 26.2 Å². The summed E-state index contributed by atoms with van der Waals surface area (Å²) in [6.07, 6.45) is 0.961. The van der Waals surface area contributed by atoms with E-state index in [0.717, 1.165) is 32.6 Å². The molecular formula is C14H22N4OS. The first-order valence-corrected chi connectivity index (χ1v) is 8.21. The minimum absolute atomic E-state index is 0.0847. The minimum Gasteiger partial charge on any atom is -0.336 e. The summed E-state index contributed by atoms with van der Waals surface area (Å²) in [5.74, 6) is 0. The van der Waals surface area contributed by atoms with Crippen molar-refractivity contribution in [3.63, 3.8) is 0 Å². The van der Waals surface area contributed by atoms with Crippen LogP contribution < -0.4 is 11.1 Å². The molecule has 3 unspecified atom stereocenters. The Kier molecular flexibility index (Phi) is 3.96. The van der Waals surface area contributed by atoms with Gasteiger partial charge in [-0.2, -0.15) is 11.3 Å². The molecule has 2 aliphatic rings. The highest BCUT2D eigenvalue weighted by molar-refractivity contribution is 7.07. The molecule has 1 aromatic rings. The summed E-state index contributed by atoms with van der Waals surface area (Å²) < 4.78 is 0. The second-order valence-electron chi connectivity index (χ2n) is 5.60. The zero-order valence-electron chi connectivity index (χ0n) is 11.8. The summed E-state index contributed by atoms with van der Waals surface area (Å²) >= 11 is 1.72. The van der Waals surface area contributed by atoms with Crippen molar-refractivity contribution in [2.24, 2.45) is 5.73 Å². The van der Waals surface area contributed by atoms with Gasteiger partial charge in [-0.25, -0.2) is 4.79 Å². The number of carbonyl (C=O) groups excluding carboxylic acids is 1. The first-order valence-electron chi connectivity index (χ1n) is 7.27. The van der Waals surface area contributed by atoms with Crippen molar-refractivity contribution >= 4 is 17.4 Å². The fourth-order valence-corrected chi connectivity index (χ4v) is 3.97. The van der Waals surface area contributed by atoms with Gasteiger partial charge in [-0.3, -0.25) is 4.90 Å². The molecule has 0 spiro atoms. The number of carbonyl (C=O) groups is 1. The lowest BCUT2D eigenvalue weighted by atomic mass is 9.97. The van der Waals surface area contributed by atoms with Gasteiger partial charge in [0.05, 0.1) is 12.1 Å².